The van der Waals surface area contributed by atoms with Crippen LogP contribution in [0.4, 0.5) is 10.5 Å². The van der Waals surface area contributed by atoms with Crippen LogP contribution in [-0.2, 0) is 18.4 Å². The average Bonchev–Trinajstić information content (AvgIpc) is 3.05. The first-order valence-corrected chi connectivity index (χ1v) is 18.1. The Morgan fingerprint density at radius 1 is 0.844 bits per heavy atom. The molecule has 4 N–H and O–H groups in total. The lowest BCUT2D eigenvalue weighted by molar-refractivity contribution is -0.122. The highest BCUT2D eigenvalue weighted by Crippen LogP contribution is 2.59. The molecule has 0 aliphatic carbocycles. The van der Waals surface area contributed by atoms with Gasteiger partial charge < -0.3 is 24.8 Å². The molecular weight excluding hydrogens is 634 g/mol. The molecule has 4 aromatic carbocycles. The number of carbonyl (C=O) groups is 2. The largest absolute Gasteiger partial charge is 0.508 e. The molecule has 0 radical (unpaired) electrons. The Kier molecular flexibility index (Phi) is 11.1. The van der Waals surface area contributed by atoms with Crippen molar-refractivity contribution in [2.75, 3.05) is 37.6 Å². The fraction of sp³-hybridized carbons (Fsp3) is 0.188. The van der Waals surface area contributed by atoms with Crippen molar-refractivity contribution >= 4 is 59.7 Å². The van der Waals surface area contributed by atoms with Gasteiger partial charge in [0.05, 0.1) is 6.61 Å². The zero-order valence-corrected chi connectivity index (χ0v) is 27.4. The van der Waals surface area contributed by atoms with E-state index in [4.69, 9.17) is 21.9 Å². The average molecular weight is 669 g/mol. The molecule has 0 bridgehead atoms. The summed E-state index contributed by atoms with van der Waals surface area (Å²) in [5, 5.41) is 12.7. The predicted octanol–water partition coefficient (Wildman–Crippen LogP) is 4.74. The van der Waals surface area contributed by atoms with Crippen LogP contribution >= 0.6 is 26.1 Å². The van der Waals surface area contributed by atoms with Crippen LogP contribution in [-0.4, -0.2) is 54.8 Å². The van der Waals surface area contributed by atoms with Gasteiger partial charge in [-0.05, 0) is 30.3 Å². The summed E-state index contributed by atoms with van der Waals surface area (Å²) >= 11 is 5.84. The number of aromatic hydroxyl groups is 1. The molecule has 236 valence electrons. The fourth-order valence-electron chi connectivity index (χ4n) is 4.90. The molecule has 0 aliphatic heterocycles. The maximum Gasteiger partial charge on any atom is 0.334 e. The van der Waals surface area contributed by atoms with E-state index in [9.17, 15) is 19.3 Å². The third kappa shape index (κ3) is 7.60. The number of anilines is 1. The van der Waals surface area contributed by atoms with Crippen molar-refractivity contribution in [1.82, 2.24) is 10.4 Å². The van der Waals surface area contributed by atoms with Gasteiger partial charge in [0.15, 0.2) is 7.14 Å². The summed E-state index contributed by atoms with van der Waals surface area (Å²) in [6, 6.07) is 28.5. The highest BCUT2D eigenvalue weighted by Gasteiger charge is 2.45. The van der Waals surface area contributed by atoms with Gasteiger partial charge in [-0.3, -0.25) is 14.8 Å². The van der Waals surface area contributed by atoms with Crippen molar-refractivity contribution in [3.05, 3.63) is 115 Å². The number of nitrogens with one attached hydrogen (secondary N) is 1. The summed E-state index contributed by atoms with van der Waals surface area (Å²) in [6.07, 6.45) is -0.677. The molecular formula is C32H35ClN4O6P2. The normalized spacial score (nSPS) is 13.3. The molecule has 45 heavy (non-hydrogen) atoms. The number of para-hydroxylation sites is 1. The molecule has 4 aromatic rings. The number of primary amides is 1. The standard InChI is InChI=1S/C32H35ClN4O6P2/c1-36(2)24-17-19-25(20-18-24)44(41,43-22-21-33)23-30(39)35-37(32(34)40)31(28-15-9-10-16-29(28)38)45(42,26-11-5-3-6-12-26)27-13-7-4-8-14-27/h3-20,31,38H,21-23H2,1-2H3,(H2,34,40)(H,35,39). The van der Waals surface area contributed by atoms with Crippen LogP contribution in [0.2, 0.25) is 0 Å². The van der Waals surface area contributed by atoms with Gasteiger partial charge in [0, 0.05) is 47.1 Å². The monoisotopic (exact) mass is 668 g/mol. The summed E-state index contributed by atoms with van der Waals surface area (Å²) in [4.78, 5) is 28.8. The molecule has 0 saturated carbocycles. The molecule has 13 heteroatoms. The number of phenolic OH excluding ortho intramolecular Hbond substituents is 1. The lowest BCUT2D eigenvalue weighted by atomic mass is 10.2. The van der Waals surface area contributed by atoms with E-state index in [0.717, 1.165) is 10.7 Å². The first kappa shape index (κ1) is 33.8. The number of hydrazine groups is 1. The molecule has 3 amide bonds. The number of hydrogen-bond donors (Lipinski definition) is 3. The second kappa shape index (κ2) is 14.8. The quantitative estimate of drug-likeness (QED) is 0.112. The number of halogens is 1. The number of phenols is 1. The zero-order valence-electron chi connectivity index (χ0n) is 24.8. The van der Waals surface area contributed by atoms with E-state index in [1.54, 1.807) is 97.1 Å². The van der Waals surface area contributed by atoms with Crippen molar-refractivity contribution < 1.29 is 28.3 Å². The lowest BCUT2D eigenvalue weighted by Crippen LogP contribution is -2.52. The Morgan fingerprint density at radius 3 is 1.87 bits per heavy atom. The maximum atomic E-state index is 15.5. The van der Waals surface area contributed by atoms with Crippen LogP contribution in [0.25, 0.3) is 0 Å². The number of carbonyl (C=O) groups excluding carboxylic acids is 2. The Balaban J connectivity index is 1.82. The highest BCUT2D eigenvalue weighted by atomic mass is 35.5. The highest BCUT2D eigenvalue weighted by molar-refractivity contribution is 7.79. The molecule has 4 rings (SSSR count). The van der Waals surface area contributed by atoms with Gasteiger partial charge in [0.1, 0.15) is 17.7 Å². The summed E-state index contributed by atoms with van der Waals surface area (Å²) < 4.78 is 35.4. The Hall–Kier alpha value is -4.07. The second-order valence-corrected chi connectivity index (χ2v) is 15.9. The van der Waals surface area contributed by atoms with E-state index in [0.29, 0.717) is 10.6 Å². The molecule has 0 aromatic heterocycles. The number of nitrogens with two attached hydrogens (primary N) is 1. The Bertz CT molecular complexity index is 1660. The second-order valence-electron chi connectivity index (χ2n) is 10.3. The van der Waals surface area contributed by atoms with Crippen LogP contribution < -0.4 is 32.0 Å². The SMILES string of the molecule is CN(C)c1ccc(P(=O)(CC(=O)NN(C(N)=O)C(c2ccccc2O)P(=O)(c2ccccc2)c2ccccc2)OCCCl)cc1. The van der Waals surface area contributed by atoms with Crippen LogP contribution in [0, 0.1) is 0 Å². The number of rotatable bonds is 12. The van der Waals surface area contributed by atoms with E-state index in [1.807, 2.05) is 19.0 Å². The molecule has 0 aliphatic rings. The van der Waals surface area contributed by atoms with E-state index in [2.05, 4.69) is 5.43 Å². The van der Waals surface area contributed by atoms with E-state index >= 15 is 4.57 Å². The van der Waals surface area contributed by atoms with Crippen LogP contribution in [0.15, 0.2) is 109 Å². The third-order valence-electron chi connectivity index (χ3n) is 7.05. The molecule has 2 atom stereocenters. The summed E-state index contributed by atoms with van der Waals surface area (Å²) in [6.45, 7) is -0.0984. The van der Waals surface area contributed by atoms with Crippen molar-refractivity contribution in [1.29, 1.82) is 0 Å². The Labute approximate surface area is 267 Å². The van der Waals surface area contributed by atoms with Crippen molar-refractivity contribution in [3.63, 3.8) is 0 Å². The van der Waals surface area contributed by atoms with Gasteiger partial charge in [-0.25, -0.2) is 9.80 Å². The summed E-state index contributed by atoms with van der Waals surface area (Å²) in [5.74, 6) is -2.63. The minimum absolute atomic E-state index is 0.0293. The van der Waals surface area contributed by atoms with E-state index < -0.39 is 38.4 Å². The minimum Gasteiger partial charge on any atom is -0.508 e. The molecule has 10 nitrogen and oxygen atoms in total. The summed E-state index contributed by atoms with van der Waals surface area (Å²) in [7, 11) is -4.11. The number of urea groups is 1. The predicted molar refractivity (Wildman–Crippen MR) is 180 cm³/mol. The van der Waals surface area contributed by atoms with Gasteiger partial charge >= 0.3 is 6.03 Å². The maximum absolute atomic E-state index is 15.5. The van der Waals surface area contributed by atoms with Crippen molar-refractivity contribution in [3.8, 4) is 5.75 Å². The van der Waals surface area contributed by atoms with Crippen LogP contribution in [0.3, 0.4) is 0 Å². The Morgan fingerprint density at radius 2 is 1.38 bits per heavy atom. The van der Waals surface area contributed by atoms with Crippen molar-refractivity contribution in [2.45, 2.75) is 5.78 Å². The number of hydrogen-bond acceptors (Lipinski definition) is 7. The van der Waals surface area contributed by atoms with Gasteiger partial charge in [0.25, 0.3) is 0 Å². The smallest absolute Gasteiger partial charge is 0.334 e. The van der Waals surface area contributed by atoms with Gasteiger partial charge in [-0.1, -0.05) is 78.9 Å². The van der Waals surface area contributed by atoms with E-state index in [-0.39, 0.29) is 29.1 Å². The first-order valence-electron chi connectivity index (χ1n) is 14.0. The third-order valence-corrected chi connectivity index (χ3v) is 12.9. The molecule has 0 fully saturated rings. The molecule has 0 spiro atoms. The van der Waals surface area contributed by atoms with Crippen molar-refractivity contribution in [2.24, 2.45) is 5.73 Å². The number of nitrogens with zero attached hydrogens (tertiary/aromatic N) is 2. The fourth-order valence-corrected chi connectivity index (χ4v) is 10.1. The van der Waals surface area contributed by atoms with Gasteiger partial charge in [-0.15, -0.1) is 11.6 Å². The van der Waals surface area contributed by atoms with E-state index in [1.165, 1.54) is 12.1 Å². The molecule has 2 unspecified atom stereocenters. The zero-order chi connectivity index (χ0) is 32.6. The number of alkyl halides is 1. The number of benzene rings is 4. The molecule has 0 heterocycles. The van der Waals surface area contributed by atoms with Gasteiger partial charge in [-0.2, -0.15) is 0 Å². The van der Waals surface area contributed by atoms with Crippen LogP contribution in [0.1, 0.15) is 11.3 Å². The van der Waals surface area contributed by atoms with Gasteiger partial charge in [0.2, 0.25) is 13.3 Å². The topological polar surface area (TPSA) is 142 Å². The summed E-state index contributed by atoms with van der Waals surface area (Å²) in [5.41, 5.74) is 9.26. The first-order chi connectivity index (χ1) is 21.5. The number of amides is 3. The lowest BCUT2D eigenvalue weighted by Gasteiger charge is -2.37. The van der Waals surface area contributed by atoms with Crippen LogP contribution in [0.5, 0.6) is 5.75 Å². The minimum atomic E-state index is -3.96. The molecule has 0 saturated heterocycles.